The Labute approximate surface area is 122 Å². The van der Waals surface area contributed by atoms with Gasteiger partial charge in [-0.05, 0) is 6.42 Å². The van der Waals surface area contributed by atoms with Crippen LogP contribution in [-0.4, -0.2) is 27.9 Å². The maximum atomic E-state index is 11.3. The van der Waals surface area contributed by atoms with E-state index in [2.05, 4.69) is 24.3 Å². The topological polar surface area (TPSA) is 66.8 Å². The average Bonchev–Trinajstić information content (AvgIpc) is 2.36. The van der Waals surface area contributed by atoms with Crippen LogP contribution >= 0.6 is 12.6 Å². The van der Waals surface area contributed by atoms with E-state index in [0.29, 0.717) is 0 Å². The molecule has 2 N–H and O–H groups in total. The molecule has 0 aliphatic carbocycles. The van der Waals surface area contributed by atoms with Crippen molar-refractivity contribution in [2.75, 3.05) is 6.61 Å². The summed E-state index contributed by atoms with van der Waals surface area (Å²) in [7, 11) is 0. The summed E-state index contributed by atoms with van der Waals surface area (Å²) in [6, 6.07) is 0. The van der Waals surface area contributed by atoms with Gasteiger partial charge in [-0.2, -0.15) is 0 Å². The molecule has 0 aromatic heterocycles. The second-order valence-electron chi connectivity index (χ2n) is 4.95. The van der Waals surface area contributed by atoms with E-state index in [-0.39, 0.29) is 6.42 Å². The Morgan fingerprint density at radius 2 is 1.53 bits per heavy atom. The molecule has 0 aromatic rings. The number of rotatable bonds is 12. The molecule has 0 fully saturated rings. The normalized spacial score (nSPS) is 14.1. The molecule has 1 atom stereocenters. The summed E-state index contributed by atoms with van der Waals surface area (Å²) in [4.78, 5) is 11.3. The van der Waals surface area contributed by atoms with Gasteiger partial charge in [0.05, 0.1) is 0 Å². The van der Waals surface area contributed by atoms with Crippen molar-refractivity contribution in [2.24, 2.45) is 0 Å². The second-order valence-corrected chi connectivity index (χ2v) is 5.65. The van der Waals surface area contributed by atoms with Crippen LogP contribution in [0, 0.1) is 0 Å². The van der Waals surface area contributed by atoms with Crippen molar-refractivity contribution in [2.45, 2.75) is 76.3 Å². The number of aliphatic hydroxyl groups is 2. The van der Waals surface area contributed by atoms with Crippen LogP contribution in [0.15, 0.2) is 0 Å². The first-order valence-corrected chi connectivity index (χ1v) is 7.74. The van der Waals surface area contributed by atoms with Gasteiger partial charge in [-0.15, -0.1) is 0 Å². The fraction of sp³-hybridized carbons (Fsp3) is 0.929. The van der Waals surface area contributed by atoms with Crippen molar-refractivity contribution < 1.29 is 19.7 Å². The first kappa shape index (κ1) is 18.7. The number of thiol groups is 1. The number of hydrogen-bond acceptors (Lipinski definition) is 5. The van der Waals surface area contributed by atoms with E-state index in [9.17, 15) is 9.90 Å². The first-order chi connectivity index (χ1) is 9.02. The van der Waals surface area contributed by atoms with Crippen molar-refractivity contribution in [3.63, 3.8) is 0 Å². The molecule has 5 heteroatoms. The Morgan fingerprint density at radius 1 is 1.05 bits per heavy atom. The minimum absolute atomic E-state index is 0.263. The minimum Gasteiger partial charge on any atom is -0.421 e. The van der Waals surface area contributed by atoms with Gasteiger partial charge < -0.3 is 14.9 Å². The molecule has 19 heavy (non-hydrogen) atoms. The van der Waals surface area contributed by atoms with E-state index in [1.165, 1.54) is 38.5 Å². The summed E-state index contributed by atoms with van der Waals surface area (Å²) < 4.78 is 4.59. The molecular weight excluding hydrogens is 264 g/mol. The van der Waals surface area contributed by atoms with Crippen molar-refractivity contribution in [3.8, 4) is 0 Å². The molecule has 0 saturated carbocycles. The number of carbonyl (C=O) groups is 1. The zero-order valence-electron chi connectivity index (χ0n) is 11.9. The van der Waals surface area contributed by atoms with Crippen molar-refractivity contribution in [1.29, 1.82) is 0 Å². The lowest BCUT2D eigenvalue weighted by molar-refractivity contribution is -0.184. The highest BCUT2D eigenvalue weighted by atomic mass is 32.1. The summed E-state index contributed by atoms with van der Waals surface area (Å²) in [5.41, 5.74) is 0. The number of esters is 1. The van der Waals surface area contributed by atoms with Crippen LogP contribution in [0.1, 0.15) is 71.1 Å². The number of carbonyl (C=O) groups excluding carboxylic acids is 1. The van der Waals surface area contributed by atoms with E-state index in [1.54, 1.807) is 0 Å². The van der Waals surface area contributed by atoms with E-state index in [4.69, 9.17) is 5.11 Å². The van der Waals surface area contributed by atoms with Gasteiger partial charge in [-0.1, -0.05) is 70.9 Å². The average molecular weight is 292 g/mol. The zero-order valence-corrected chi connectivity index (χ0v) is 12.8. The molecule has 0 radical (unpaired) electrons. The molecule has 0 amide bonds. The lowest BCUT2D eigenvalue weighted by Gasteiger charge is -2.19. The van der Waals surface area contributed by atoms with Crippen LogP contribution in [0.3, 0.4) is 0 Å². The largest absolute Gasteiger partial charge is 0.421 e. The molecule has 4 nitrogen and oxygen atoms in total. The van der Waals surface area contributed by atoms with Crippen molar-refractivity contribution in [1.82, 2.24) is 0 Å². The maximum Gasteiger partial charge on any atom is 0.309 e. The zero-order chi connectivity index (χ0) is 14.6. The smallest absolute Gasteiger partial charge is 0.309 e. The Hall–Kier alpha value is -0.260. The van der Waals surface area contributed by atoms with Crippen molar-refractivity contribution >= 4 is 18.6 Å². The molecule has 0 aliphatic rings. The Bertz CT molecular complexity index is 231. The predicted molar refractivity (Wildman–Crippen MR) is 79.0 cm³/mol. The molecule has 0 aliphatic heterocycles. The predicted octanol–water partition coefficient (Wildman–Crippen LogP) is 3.02. The molecule has 0 bridgehead atoms. The third-order valence-corrected chi connectivity index (χ3v) is 3.20. The molecular formula is C14H28O4S. The summed E-state index contributed by atoms with van der Waals surface area (Å²) in [5.74, 6) is -0.519. The molecule has 0 heterocycles. The standard InChI is InChI=1S/C14H28O4S/c1-2-3-4-5-6-7-8-9-10-11-13(16)18-14(17,19)12-15/h15,17,19H,2-12H2,1H3. The van der Waals surface area contributed by atoms with E-state index in [1.807, 2.05) is 0 Å². The lowest BCUT2D eigenvalue weighted by Crippen LogP contribution is -2.32. The molecule has 0 saturated heterocycles. The molecule has 114 valence electrons. The fourth-order valence-corrected chi connectivity index (χ4v) is 1.95. The summed E-state index contributed by atoms with van der Waals surface area (Å²) in [5, 5.41) is 15.8. The highest BCUT2D eigenvalue weighted by molar-refractivity contribution is 7.81. The minimum atomic E-state index is -2.05. The van der Waals surface area contributed by atoms with Crippen LogP contribution in [-0.2, 0) is 9.53 Å². The number of aliphatic hydroxyl groups excluding tert-OH is 1. The highest BCUT2D eigenvalue weighted by Gasteiger charge is 2.24. The molecule has 1 unspecified atom stereocenters. The van der Waals surface area contributed by atoms with Crippen LogP contribution < -0.4 is 0 Å². The Kier molecular flexibility index (Phi) is 11.4. The number of ether oxygens (including phenoxy) is 1. The van der Waals surface area contributed by atoms with E-state index in [0.717, 1.165) is 19.3 Å². The first-order valence-electron chi connectivity index (χ1n) is 7.29. The van der Waals surface area contributed by atoms with Gasteiger partial charge in [0.25, 0.3) is 5.12 Å². The quantitative estimate of drug-likeness (QED) is 0.224. The SMILES string of the molecule is CCCCCCCCCCCC(=O)OC(O)(S)CO. The van der Waals surface area contributed by atoms with Gasteiger partial charge in [-0.3, -0.25) is 4.79 Å². The third kappa shape index (κ3) is 12.5. The molecule has 0 spiro atoms. The van der Waals surface area contributed by atoms with E-state index >= 15 is 0 Å². The monoisotopic (exact) mass is 292 g/mol. The summed E-state index contributed by atoms with van der Waals surface area (Å²) >= 11 is 3.61. The van der Waals surface area contributed by atoms with Gasteiger partial charge in [0.2, 0.25) is 0 Å². The molecule has 0 aromatic carbocycles. The van der Waals surface area contributed by atoms with E-state index < -0.39 is 17.7 Å². The lowest BCUT2D eigenvalue weighted by atomic mass is 10.1. The van der Waals surface area contributed by atoms with Gasteiger partial charge in [0.1, 0.15) is 6.61 Å². The Balaban J connectivity index is 3.32. The Morgan fingerprint density at radius 3 is 2.00 bits per heavy atom. The third-order valence-electron chi connectivity index (χ3n) is 2.97. The highest BCUT2D eigenvalue weighted by Crippen LogP contribution is 2.14. The van der Waals surface area contributed by atoms with Crippen LogP contribution in [0.5, 0.6) is 0 Å². The maximum absolute atomic E-state index is 11.3. The van der Waals surface area contributed by atoms with Crippen LogP contribution in [0.4, 0.5) is 0 Å². The van der Waals surface area contributed by atoms with Gasteiger partial charge in [0.15, 0.2) is 0 Å². The van der Waals surface area contributed by atoms with Gasteiger partial charge in [-0.25, -0.2) is 0 Å². The number of hydrogen-bond donors (Lipinski definition) is 3. The summed E-state index contributed by atoms with van der Waals surface area (Å²) in [6.45, 7) is 1.50. The second kappa shape index (κ2) is 11.6. The summed E-state index contributed by atoms with van der Waals surface area (Å²) in [6.07, 6.45) is 10.8. The van der Waals surface area contributed by atoms with Gasteiger partial charge in [0, 0.05) is 6.42 Å². The van der Waals surface area contributed by atoms with Crippen LogP contribution in [0.25, 0.3) is 0 Å². The fourth-order valence-electron chi connectivity index (χ4n) is 1.85. The van der Waals surface area contributed by atoms with Gasteiger partial charge >= 0.3 is 5.97 Å². The molecule has 0 rings (SSSR count). The van der Waals surface area contributed by atoms with Crippen LogP contribution in [0.2, 0.25) is 0 Å². The number of unbranched alkanes of at least 4 members (excludes halogenated alkanes) is 8. The van der Waals surface area contributed by atoms with Crippen molar-refractivity contribution in [3.05, 3.63) is 0 Å².